The van der Waals surface area contributed by atoms with Crippen LogP contribution in [0.25, 0.3) is 0 Å². The van der Waals surface area contributed by atoms with E-state index in [2.05, 4.69) is 16.2 Å². The molecule has 0 aliphatic heterocycles. The quantitative estimate of drug-likeness (QED) is 0.691. The van der Waals surface area contributed by atoms with Crippen molar-refractivity contribution in [1.29, 1.82) is 0 Å². The molecule has 0 aliphatic rings. The summed E-state index contributed by atoms with van der Waals surface area (Å²) in [6.45, 7) is 4.98. The summed E-state index contributed by atoms with van der Waals surface area (Å²) in [7, 11) is 0. The van der Waals surface area contributed by atoms with Gasteiger partial charge >= 0.3 is 6.09 Å². The Kier molecular flexibility index (Phi) is 6.54. The predicted octanol–water partition coefficient (Wildman–Crippen LogP) is 1.66. The molecule has 0 fully saturated rings. The van der Waals surface area contributed by atoms with Gasteiger partial charge in [0.15, 0.2) is 0 Å². The molecule has 0 aliphatic carbocycles. The Labute approximate surface area is 161 Å². The zero-order valence-electron chi connectivity index (χ0n) is 15.8. The highest BCUT2D eigenvalue weighted by molar-refractivity contribution is 5.97. The number of carbonyl (C=O) groups excluding carboxylic acids is 3. The van der Waals surface area contributed by atoms with Gasteiger partial charge < -0.3 is 9.30 Å². The summed E-state index contributed by atoms with van der Waals surface area (Å²) in [5.74, 6) is -1.15. The molecule has 2 rings (SSSR count). The number of rotatable bonds is 4. The van der Waals surface area contributed by atoms with Crippen LogP contribution in [0.3, 0.4) is 0 Å². The van der Waals surface area contributed by atoms with Gasteiger partial charge in [-0.25, -0.2) is 4.79 Å². The maximum absolute atomic E-state index is 12.2. The number of anilines is 1. The van der Waals surface area contributed by atoms with Crippen LogP contribution in [-0.4, -0.2) is 28.1 Å². The zero-order chi connectivity index (χ0) is 20.7. The highest BCUT2D eigenvalue weighted by atomic mass is 16.6. The Morgan fingerprint density at radius 3 is 2.46 bits per heavy atom. The average molecular weight is 386 g/mol. The Morgan fingerprint density at radius 1 is 1.04 bits per heavy atom. The van der Waals surface area contributed by atoms with E-state index in [1.807, 2.05) is 0 Å². The van der Waals surface area contributed by atoms with Gasteiger partial charge in [0.05, 0.1) is 0 Å². The molecule has 1 aromatic heterocycles. The molecule has 0 unspecified atom stereocenters. The first kappa shape index (κ1) is 20.7. The maximum atomic E-state index is 12.2. The molecule has 0 bridgehead atoms. The maximum Gasteiger partial charge on any atom is 0.412 e. The third-order valence-corrected chi connectivity index (χ3v) is 3.30. The number of nitrogens with zero attached hydrogens (tertiary/aromatic N) is 1. The fourth-order valence-electron chi connectivity index (χ4n) is 2.14. The molecule has 1 aromatic carbocycles. The summed E-state index contributed by atoms with van der Waals surface area (Å²) < 4.78 is 6.35. The fourth-order valence-corrected chi connectivity index (χ4v) is 2.14. The number of carbonyl (C=O) groups is 3. The molecule has 0 saturated carbocycles. The summed E-state index contributed by atoms with van der Waals surface area (Å²) in [5, 5.41) is 2.53. The van der Waals surface area contributed by atoms with Crippen LogP contribution in [0.4, 0.5) is 10.5 Å². The lowest BCUT2D eigenvalue weighted by molar-refractivity contribution is -0.122. The summed E-state index contributed by atoms with van der Waals surface area (Å²) in [5.41, 5.74) is 4.10. The summed E-state index contributed by atoms with van der Waals surface area (Å²) in [6.07, 6.45) is 0.821. The molecule has 28 heavy (non-hydrogen) atoms. The Bertz CT molecular complexity index is 930. The summed E-state index contributed by atoms with van der Waals surface area (Å²) >= 11 is 0. The molecular weight excluding hydrogens is 364 g/mol. The van der Waals surface area contributed by atoms with Crippen LogP contribution in [-0.2, 0) is 16.1 Å². The van der Waals surface area contributed by atoms with Gasteiger partial charge in [-0.05, 0) is 45.0 Å². The topological polar surface area (TPSA) is 119 Å². The molecule has 1 heterocycles. The third kappa shape index (κ3) is 6.60. The first-order valence-electron chi connectivity index (χ1n) is 8.49. The van der Waals surface area contributed by atoms with Crippen molar-refractivity contribution in [3.05, 3.63) is 64.6 Å². The number of benzene rings is 1. The summed E-state index contributed by atoms with van der Waals surface area (Å²) in [6, 6.07) is 10.6. The van der Waals surface area contributed by atoms with E-state index in [0.717, 1.165) is 0 Å². The minimum atomic E-state index is -0.649. The second-order valence-corrected chi connectivity index (χ2v) is 6.88. The molecule has 0 saturated heterocycles. The van der Waals surface area contributed by atoms with Crippen LogP contribution in [0.5, 0.6) is 0 Å². The predicted molar refractivity (Wildman–Crippen MR) is 103 cm³/mol. The van der Waals surface area contributed by atoms with Crippen molar-refractivity contribution in [2.24, 2.45) is 0 Å². The lowest BCUT2D eigenvalue weighted by Crippen LogP contribution is -2.44. The minimum Gasteiger partial charge on any atom is -0.444 e. The number of hydrogen-bond acceptors (Lipinski definition) is 5. The largest absolute Gasteiger partial charge is 0.444 e. The SMILES string of the molecule is CC(C)(C)OC(=O)Nc1cccc(C(=O)NNC(=O)Cn2ccccc2=O)c1. The number of hydrogen-bond donors (Lipinski definition) is 3. The van der Waals surface area contributed by atoms with E-state index < -0.39 is 23.5 Å². The van der Waals surface area contributed by atoms with E-state index >= 15 is 0 Å². The number of ether oxygens (including phenoxy) is 1. The smallest absolute Gasteiger partial charge is 0.412 e. The normalized spacial score (nSPS) is 10.7. The van der Waals surface area contributed by atoms with E-state index in [1.54, 1.807) is 45.0 Å². The molecule has 3 amide bonds. The van der Waals surface area contributed by atoms with Crippen molar-refractivity contribution < 1.29 is 19.1 Å². The third-order valence-electron chi connectivity index (χ3n) is 3.30. The van der Waals surface area contributed by atoms with Crippen LogP contribution >= 0.6 is 0 Å². The van der Waals surface area contributed by atoms with Gasteiger partial charge in [-0.1, -0.05) is 12.1 Å². The fraction of sp³-hybridized carbons (Fsp3) is 0.263. The lowest BCUT2D eigenvalue weighted by Gasteiger charge is -2.19. The first-order valence-corrected chi connectivity index (χ1v) is 8.49. The number of hydrazine groups is 1. The molecule has 148 valence electrons. The highest BCUT2D eigenvalue weighted by Gasteiger charge is 2.16. The van der Waals surface area contributed by atoms with Crippen LogP contribution in [0.1, 0.15) is 31.1 Å². The van der Waals surface area contributed by atoms with Gasteiger partial charge in [0, 0.05) is 23.5 Å². The monoisotopic (exact) mass is 386 g/mol. The first-order chi connectivity index (χ1) is 13.1. The number of aromatic nitrogens is 1. The number of nitrogens with one attached hydrogen (secondary N) is 3. The Hall–Kier alpha value is -3.62. The van der Waals surface area contributed by atoms with Gasteiger partial charge in [-0.2, -0.15) is 0 Å². The Balaban J connectivity index is 1.92. The molecule has 0 radical (unpaired) electrons. The van der Waals surface area contributed by atoms with Crippen LogP contribution < -0.4 is 21.7 Å². The van der Waals surface area contributed by atoms with Crippen LogP contribution in [0.15, 0.2) is 53.5 Å². The average Bonchev–Trinajstić information content (AvgIpc) is 2.60. The minimum absolute atomic E-state index is 0.214. The van der Waals surface area contributed by atoms with Crippen molar-refractivity contribution in [3.8, 4) is 0 Å². The molecule has 3 N–H and O–H groups in total. The van der Waals surface area contributed by atoms with Crippen molar-refractivity contribution in [2.75, 3.05) is 5.32 Å². The number of pyridine rings is 1. The van der Waals surface area contributed by atoms with Crippen LogP contribution in [0, 0.1) is 0 Å². The van der Waals surface area contributed by atoms with Crippen molar-refractivity contribution >= 4 is 23.6 Å². The lowest BCUT2D eigenvalue weighted by atomic mass is 10.2. The van der Waals surface area contributed by atoms with Gasteiger partial charge in [0.2, 0.25) is 0 Å². The van der Waals surface area contributed by atoms with Crippen molar-refractivity contribution in [2.45, 2.75) is 32.9 Å². The molecular formula is C19H22N4O5. The van der Waals surface area contributed by atoms with Gasteiger partial charge in [0.1, 0.15) is 12.1 Å². The summed E-state index contributed by atoms with van der Waals surface area (Å²) in [4.78, 5) is 47.5. The zero-order valence-corrected chi connectivity index (χ0v) is 15.8. The van der Waals surface area contributed by atoms with E-state index in [9.17, 15) is 19.2 Å². The van der Waals surface area contributed by atoms with Gasteiger partial charge in [-0.15, -0.1) is 0 Å². The molecule has 0 spiro atoms. The van der Waals surface area contributed by atoms with Gasteiger partial charge in [-0.3, -0.25) is 30.6 Å². The standard InChI is InChI=1S/C19H22N4O5/c1-19(2,3)28-18(27)20-14-8-6-7-13(11-14)17(26)22-21-15(24)12-23-10-5-4-9-16(23)25/h4-11H,12H2,1-3H3,(H,20,27)(H,21,24)(H,22,26). The highest BCUT2D eigenvalue weighted by Crippen LogP contribution is 2.13. The van der Waals surface area contributed by atoms with Crippen LogP contribution in [0.2, 0.25) is 0 Å². The second-order valence-electron chi connectivity index (χ2n) is 6.88. The molecule has 2 aromatic rings. The van der Waals surface area contributed by atoms with E-state index in [4.69, 9.17) is 4.74 Å². The molecule has 9 heteroatoms. The molecule has 0 atom stereocenters. The number of amides is 3. The molecule has 9 nitrogen and oxygen atoms in total. The van der Waals surface area contributed by atoms with E-state index in [1.165, 1.54) is 29.0 Å². The van der Waals surface area contributed by atoms with E-state index in [-0.39, 0.29) is 17.7 Å². The van der Waals surface area contributed by atoms with Gasteiger partial charge in [0.25, 0.3) is 17.4 Å². The van der Waals surface area contributed by atoms with Crippen molar-refractivity contribution in [3.63, 3.8) is 0 Å². The van der Waals surface area contributed by atoms with Crippen molar-refractivity contribution in [1.82, 2.24) is 15.4 Å². The Morgan fingerprint density at radius 2 is 1.79 bits per heavy atom. The van der Waals surface area contributed by atoms with E-state index in [0.29, 0.717) is 5.69 Å². The second kappa shape index (κ2) is 8.85.